The SMILES string of the molecule is CS(=O)(=O)NC[C@@H](O)C1CCCC1. The summed E-state index contributed by atoms with van der Waals surface area (Å²) < 4.78 is 23.8. The Hall–Kier alpha value is -0.130. The Kier molecular flexibility index (Phi) is 3.70. The zero-order chi connectivity index (χ0) is 9.90. The van der Waals surface area contributed by atoms with Crippen LogP contribution in [0.15, 0.2) is 0 Å². The average molecular weight is 207 g/mol. The van der Waals surface area contributed by atoms with Crippen molar-refractivity contribution < 1.29 is 13.5 Å². The minimum atomic E-state index is -3.16. The van der Waals surface area contributed by atoms with Crippen molar-refractivity contribution in [2.45, 2.75) is 31.8 Å². The van der Waals surface area contributed by atoms with E-state index >= 15 is 0 Å². The first-order valence-corrected chi connectivity index (χ1v) is 6.51. The third-order valence-electron chi connectivity index (χ3n) is 2.50. The second-order valence-corrected chi connectivity index (χ2v) is 5.57. The highest BCUT2D eigenvalue weighted by Crippen LogP contribution is 2.27. The van der Waals surface area contributed by atoms with Gasteiger partial charge in [-0.1, -0.05) is 12.8 Å². The highest BCUT2D eigenvalue weighted by Gasteiger charge is 2.23. The van der Waals surface area contributed by atoms with Gasteiger partial charge in [0.1, 0.15) is 0 Å². The highest BCUT2D eigenvalue weighted by molar-refractivity contribution is 7.88. The van der Waals surface area contributed by atoms with E-state index in [1.165, 1.54) is 0 Å². The summed E-state index contributed by atoms with van der Waals surface area (Å²) in [5.74, 6) is 0.286. The van der Waals surface area contributed by atoms with Crippen molar-refractivity contribution in [3.05, 3.63) is 0 Å². The molecule has 1 rings (SSSR count). The maximum Gasteiger partial charge on any atom is 0.208 e. The van der Waals surface area contributed by atoms with E-state index in [9.17, 15) is 13.5 Å². The van der Waals surface area contributed by atoms with Gasteiger partial charge in [-0.3, -0.25) is 0 Å². The molecule has 0 amide bonds. The molecule has 1 aliphatic rings. The molecular formula is C8H17NO3S. The molecule has 5 heteroatoms. The van der Waals surface area contributed by atoms with E-state index < -0.39 is 16.1 Å². The van der Waals surface area contributed by atoms with Gasteiger partial charge >= 0.3 is 0 Å². The molecule has 1 fully saturated rings. The molecule has 2 N–H and O–H groups in total. The Morgan fingerprint density at radius 2 is 2.00 bits per heavy atom. The molecule has 1 atom stereocenters. The van der Waals surface area contributed by atoms with Gasteiger partial charge in [0.15, 0.2) is 0 Å². The van der Waals surface area contributed by atoms with Crippen molar-refractivity contribution in [3.8, 4) is 0 Å². The molecule has 0 aromatic carbocycles. The monoisotopic (exact) mass is 207 g/mol. The lowest BCUT2D eigenvalue weighted by Gasteiger charge is -2.17. The van der Waals surface area contributed by atoms with Crippen LogP contribution in [-0.4, -0.2) is 32.4 Å². The summed E-state index contributed by atoms with van der Waals surface area (Å²) in [5, 5.41) is 9.59. The first-order valence-electron chi connectivity index (χ1n) is 4.62. The van der Waals surface area contributed by atoms with Crippen LogP contribution >= 0.6 is 0 Å². The maximum absolute atomic E-state index is 10.7. The summed E-state index contributed by atoms with van der Waals surface area (Å²) in [6.45, 7) is 0.156. The van der Waals surface area contributed by atoms with Crippen LogP contribution in [-0.2, 0) is 10.0 Å². The number of nitrogens with one attached hydrogen (secondary N) is 1. The fraction of sp³-hybridized carbons (Fsp3) is 1.00. The quantitative estimate of drug-likeness (QED) is 0.686. The minimum Gasteiger partial charge on any atom is -0.391 e. The standard InChI is InChI=1S/C8H17NO3S/c1-13(11,12)9-6-8(10)7-4-2-3-5-7/h7-10H,2-6H2,1H3/t8-/m1/s1. The van der Waals surface area contributed by atoms with Crippen LogP contribution in [0.3, 0.4) is 0 Å². The average Bonchev–Trinajstić information content (AvgIpc) is 2.50. The zero-order valence-corrected chi connectivity index (χ0v) is 8.68. The summed E-state index contributed by atoms with van der Waals surface area (Å²) >= 11 is 0. The third kappa shape index (κ3) is 4.06. The van der Waals surface area contributed by atoms with Crippen LogP contribution in [0.1, 0.15) is 25.7 Å². The number of hydrogen-bond donors (Lipinski definition) is 2. The normalized spacial score (nSPS) is 22.0. The summed E-state index contributed by atoms with van der Waals surface area (Å²) in [6.07, 6.45) is 4.94. The van der Waals surface area contributed by atoms with E-state index in [1.54, 1.807) is 0 Å². The van der Waals surface area contributed by atoms with Crippen LogP contribution in [0.2, 0.25) is 0 Å². The molecular weight excluding hydrogens is 190 g/mol. The van der Waals surface area contributed by atoms with E-state index in [0.29, 0.717) is 0 Å². The highest BCUT2D eigenvalue weighted by atomic mass is 32.2. The molecule has 0 spiro atoms. The number of hydrogen-bond acceptors (Lipinski definition) is 3. The van der Waals surface area contributed by atoms with Crippen molar-refractivity contribution in [1.29, 1.82) is 0 Å². The Bertz CT molecular complexity index is 244. The van der Waals surface area contributed by atoms with Gasteiger partial charge in [-0.25, -0.2) is 13.1 Å². The lowest BCUT2D eigenvalue weighted by Crippen LogP contribution is -2.34. The lowest BCUT2D eigenvalue weighted by molar-refractivity contribution is 0.115. The summed E-state index contributed by atoms with van der Waals surface area (Å²) in [7, 11) is -3.16. The topological polar surface area (TPSA) is 66.4 Å². The second-order valence-electron chi connectivity index (χ2n) is 3.73. The van der Waals surface area contributed by atoms with E-state index in [-0.39, 0.29) is 12.5 Å². The van der Waals surface area contributed by atoms with E-state index in [2.05, 4.69) is 4.72 Å². The zero-order valence-electron chi connectivity index (χ0n) is 7.86. The fourth-order valence-corrected chi connectivity index (χ4v) is 2.22. The van der Waals surface area contributed by atoms with Gasteiger partial charge in [0.05, 0.1) is 12.4 Å². The van der Waals surface area contributed by atoms with Gasteiger partial charge in [-0.2, -0.15) is 0 Å². The lowest BCUT2D eigenvalue weighted by atomic mass is 10.0. The van der Waals surface area contributed by atoms with Crippen molar-refractivity contribution in [3.63, 3.8) is 0 Å². The largest absolute Gasteiger partial charge is 0.391 e. The predicted octanol–water partition coefficient (Wildman–Crippen LogP) is 0.0867. The van der Waals surface area contributed by atoms with Gasteiger partial charge in [0, 0.05) is 6.54 Å². The Labute approximate surface area is 79.4 Å². The predicted molar refractivity (Wildman–Crippen MR) is 50.8 cm³/mol. The molecule has 0 saturated heterocycles. The van der Waals surface area contributed by atoms with Gasteiger partial charge < -0.3 is 5.11 Å². The third-order valence-corrected chi connectivity index (χ3v) is 3.19. The molecule has 0 aromatic rings. The molecule has 0 bridgehead atoms. The molecule has 4 nitrogen and oxygen atoms in total. The van der Waals surface area contributed by atoms with Crippen molar-refractivity contribution in [2.75, 3.05) is 12.8 Å². The van der Waals surface area contributed by atoms with Crippen LogP contribution < -0.4 is 4.72 Å². The fourth-order valence-electron chi connectivity index (χ4n) is 1.75. The first kappa shape index (κ1) is 10.9. The number of aliphatic hydroxyl groups excluding tert-OH is 1. The molecule has 0 heterocycles. The van der Waals surface area contributed by atoms with Crippen LogP contribution in [0, 0.1) is 5.92 Å². The molecule has 0 radical (unpaired) electrons. The van der Waals surface area contributed by atoms with Crippen LogP contribution in [0.4, 0.5) is 0 Å². The maximum atomic E-state index is 10.7. The molecule has 0 unspecified atom stereocenters. The number of rotatable bonds is 4. The number of sulfonamides is 1. The molecule has 0 aromatic heterocycles. The molecule has 0 aliphatic heterocycles. The van der Waals surface area contributed by atoms with Crippen LogP contribution in [0.5, 0.6) is 0 Å². The van der Waals surface area contributed by atoms with E-state index in [0.717, 1.165) is 31.9 Å². The van der Waals surface area contributed by atoms with Crippen molar-refractivity contribution in [1.82, 2.24) is 4.72 Å². The van der Waals surface area contributed by atoms with Crippen LogP contribution in [0.25, 0.3) is 0 Å². The molecule has 13 heavy (non-hydrogen) atoms. The van der Waals surface area contributed by atoms with Gasteiger partial charge in [-0.05, 0) is 18.8 Å². The smallest absolute Gasteiger partial charge is 0.208 e. The van der Waals surface area contributed by atoms with Gasteiger partial charge in [0.25, 0.3) is 0 Å². The Morgan fingerprint density at radius 1 is 1.46 bits per heavy atom. The summed E-state index contributed by atoms with van der Waals surface area (Å²) in [5.41, 5.74) is 0. The van der Waals surface area contributed by atoms with Gasteiger partial charge in [0.2, 0.25) is 10.0 Å². The summed E-state index contributed by atoms with van der Waals surface area (Å²) in [6, 6.07) is 0. The number of aliphatic hydroxyl groups is 1. The Morgan fingerprint density at radius 3 is 2.46 bits per heavy atom. The Balaban J connectivity index is 2.28. The molecule has 1 aliphatic carbocycles. The molecule has 1 saturated carbocycles. The van der Waals surface area contributed by atoms with E-state index in [4.69, 9.17) is 0 Å². The first-order chi connectivity index (χ1) is 5.99. The van der Waals surface area contributed by atoms with Crippen molar-refractivity contribution >= 4 is 10.0 Å². The van der Waals surface area contributed by atoms with Gasteiger partial charge in [-0.15, -0.1) is 0 Å². The van der Waals surface area contributed by atoms with E-state index in [1.807, 2.05) is 0 Å². The second kappa shape index (κ2) is 4.39. The molecule has 78 valence electrons. The minimum absolute atomic E-state index is 0.156. The van der Waals surface area contributed by atoms with Crippen molar-refractivity contribution in [2.24, 2.45) is 5.92 Å². The summed E-state index contributed by atoms with van der Waals surface area (Å²) in [4.78, 5) is 0.